The monoisotopic (exact) mass is 339 g/mol. The van der Waals surface area contributed by atoms with Gasteiger partial charge in [0.1, 0.15) is 6.10 Å². The van der Waals surface area contributed by atoms with Crippen molar-refractivity contribution in [2.75, 3.05) is 19.7 Å². The Labute approximate surface area is 148 Å². The lowest BCUT2D eigenvalue weighted by molar-refractivity contribution is -0.142. The summed E-state index contributed by atoms with van der Waals surface area (Å²) < 4.78 is 5.55. The first-order valence-corrected chi connectivity index (χ1v) is 9.23. The average molecular weight is 339 g/mol. The van der Waals surface area contributed by atoms with Gasteiger partial charge in [0.2, 0.25) is 0 Å². The number of likely N-dealkylation sites (tertiary alicyclic amines) is 1. The van der Waals surface area contributed by atoms with Gasteiger partial charge in [-0.05, 0) is 38.2 Å². The number of benzene rings is 1. The van der Waals surface area contributed by atoms with Crippen molar-refractivity contribution in [3.05, 3.63) is 41.7 Å². The highest BCUT2D eigenvalue weighted by Crippen LogP contribution is 2.34. The SMILES string of the molecule is Cc1cccc(-c2cn[nH]c2C2CCN(C(=O)[C@H]3CCCO3)CC2)c1. The molecule has 5 heteroatoms. The number of carbonyl (C=O) groups excluding carboxylic acids is 1. The standard InChI is InChI=1S/C20H25N3O2/c1-14-4-2-5-16(12-14)17-13-21-22-19(17)15-7-9-23(10-8-15)20(24)18-6-3-11-25-18/h2,4-5,12-13,15,18H,3,6-11H2,1H3,(H,21,22)/t18-/m1/s1. The van der Waals surface area contributed by atoms with E-state index in [-0.39, 0.29) is 12.0 Å². The Balaban J connectivity index is 1.45. The van der Waals surface area contributed by atoms with Crippen LogP contribution in [0.25, 0.3) is 11.1 Å². The Morgan fingerprint density at radius 2 is 2.12 bits per heavy atom. The van der Waals surface area contributed by atoms with Gasteiger partial charge in [0, 0.05) is 36.9 Å². The third-order valence-electron chi connectivity index (χ3n) is 5.42. The minimum atomic E-state index is -0.202. The highest BCUT2D eigenvalue weighted by molar-refractivity contribution is 5.81. The van der Waals surface area contributed by atoms with Gasteiger partial charge in [-0.15, -0.1) is 0 Å². The number of hydrogen-bond acceptors (Lipinski definition) is 3. The van der Waals surface area contributed by atoms with E-state index in [1.54, 1.807) is 0 Å². The van der Waals surface area contributed by atoms with Crippen LogP contribution < -0.4 is 0 Å². The molecule has 3 heterocycles. The second kappa shape index (κ2) is 7.00. The van der Waals surface area contributed by atoms with Crippen molar-refractivity contribution in [2.45, 2.75) is 44.6 Å². The van der Waals surface area contributed by atoms with E-state index in [2.05, 4.69) is 41.4 Å². The molecular weight excluding hydrogens is 314 g/mol. The van der Waals surface area contributed by atoms with Gasteiger partial charge in [-0.3, -0.25) is 9.89 Å². The lowest BCUT2D eigenvalue weighted by Gasteiger charge is -2.33. The zero-order chi connectivity index (χ0) is 17.2. The molecule has 1 N–H and O–H groups in total. The summed E-state index contributed by atoms with van der Waals surface area (Å²) in [4.78, 5) is 14.5. The van der Waals surface area contributed by atoms with Crippen LogP contribution in [0, 0.1) is 6.92 Å². The molecule has 5 nitrogen and oxygen atoms in total. The van der Waals surface area contributed by atoms with Crippen LogP contribution in [0.3, 0.4) is 0 Å². The van der Waals surface area contributed by atoms with Crippen molar-refractivity contribution in [1.29, 1.82) is 0 Å². The summed E-state index contributed by atoms with van der Waals surface area (Å²) in [5.41, 5.74) is 4.85. The predicted octanol–water partition coefficient (Wildman–Crippen LogP) is 3.27. The number of H-pyrrole nitrogens is 1. The van der Waals surface area contributed by atoms with Crippen molar-refractivity contribution in [3.63, 3.8) is 0 Å². The molecule has 1 aromatic carbocycles. The molecule has 1 atom stereocenters. The van der Waals surface area contributed by atoms with E-state index >= 15 is 0 Å². The lowest BCUT2D eigenvalue weighted by atomic mass is 9.89. The lowest BCUT2D eigenvalue weighted by Crippen LogP contribution is -2.43. The number of hydrogen-bond donors (Lipinski definition) is 1. The van der Waals surface area contributed by atoms with Crippen molar-refractivity contribution in [3.8, 4) is 11.1 Å². The minimum absolute atomic E-state index is 0.180. The van der Waals surface area contributed by atoms with Crippen LogP contribution in [0.4, 0.5) is 0 Å². The van der Waals surface area contributed by atoms with Gasteiger partial charge >= 0.3 is 0 Å². The summed E-state index contributed by atoms with van der Waals surface area (Å²) in [6, 6.07) is 8.53. The van der Waals surface area contributed by atoms with Crippen molar-refractivity contribution in [2.24, 2.45) is 0 Å². The molecule has 0 bridgehead atoms. The Hall–Kier alpha value is -2.14. The van der Waals surface area contributed by atoms with Gasteiger partial charge in [0.05, 0.1) is 6.20 Å². The third-order valence-corrected chi connectivity index (χ3v) is 5.42. The Morgan fingerprint density at radius 1 is 1.28 bits per heavy atom. The van der Waals surface area contributed by atoms with E-state index in [1.807, 2.05) is 11.1 Å². The molecule has 4 rings (SSSR count). The van der Waals surface area contributed by atoms with Gasteiger partial charge in [0.15, 0.2) is 0 Å². The van der Waals surface area contributed by atoms with Crippen LogP contribution in [0.15, 0.2) is 30.5 Å². The van der Waals surface area contributed by atoms with Gasteiger partial charge in [-0.25, -0.2) is 0 Å². The van der Waals surface area contributed by atoms with Crippen LogP contribution in [0.1, 0.15) is 42.9 Å². The summed E-state index contributed by atoms with van der Waals surface area (Å²) in [5.74, 6) is 0.603. The maximum atomic E-state index is 12.5. The fraction of sp³-hybridized carbons (Fsp3) is 0.500. The number of ether oxygens (including phenoxy) is 1. The van der Waals surface area contributed by atoms with Crippen LogP contribution in [-0.4, -0.2) is 46.8 Å². The second-order valence-electron chi connectivity index (χ2n) is 7.17. The zero-order valence-electron chi connectivity index (χ0n) is 14.7. The number of nitrogens with zero attached hydrogens (tertiary/aromatic N) is 2. The quantitative estimate of drug-likeness (QED) is 0.934. The predicted molar refractivity (Wildman–Crippen MR) is 96.3 cm³/mol. The number of amides is 1. The molecule has 0 saturated carbocycles. The topological polar surface area (TPSA) is 58.2 Å². The van der Waals surface area contributed by atoms with Crippen molar-refractivity contribution in [1.82, 2.24) is 15.1 Å². The second-order valence-corrected chi connectivity index (χ2v) is 7.17. The fourth-order valence-electron chi connectivity index (χ4n) is 4.01. The first-order valence-electron chi connectivity index (χ1n) is 9.23. The molecule has 0 radical (unpaired) electrons. The number of nitrogens with one attached hydrogen (secondary N) is 1. The van der Waals surface area contributed by atoms with E-state index < -0.39 is 0 Å². The molecular formula is C20H25N3O2. The molecule has 2 saturated heterocycles. The van der Waals surface area contributed by atoms with Gasteiger partial charge in [-0.2, -0.15) is 5.10 Å². The molecule has 0 spiro atoms. The van der Waals surface area contributed by atoms with Crippen LogP contribution in [0.5, 0.6) is 0 Å². The molecule has 132 valence electrons. The molecule has 25 heavy (non-hydrogen) atoms. The summed E-state index contributed by atoms with van der Waals surface area (Å²) in [5, 5.41) is 7.51. The zero-order valence-corrected chi connectivity index (χ0v) is 14.7. The maximum absolute atomic E-state index is 12.5. The fourth-order valence-corrected chi connectivity index (χ4v) is 4.01. The number of carbonyl (C=O) groups is 1. The van der Waals surface area contributed by atoms with E-state index in [4.69, 9.17) is 4.74 Å². The Morgan fingerprint density at radius 3 is 2.84 bits per heavy atom. The molecule has 2 aliphatic rings. The molecule has 0 aliphatic carbocycles. The number of rotatable bonds is 3. The van der Waals surface area contributed by atoms with Crippen LogP contribution in [-0.2, 0) is 9.53 Å². The average Bonchev–Trinajstić information content (AvgIpc) is 3.33. The normalized spacial score (nSPS) is 21.6. The van der Waals surface area contributed by atoms with E-state index in [0.29, 0.717) is 5.92 Å². The summed E-state index contributed by atoms with van der Waals surface area (Å²) in [6.07, 6.45) is 5.54. The first kappa shape index (κ1) is 16.3. The number of aryl methyl sites for hydroxylation is 1. The first-order chi connectivity index (χ1) is 12.2. The van der Waals surface area contributed by atoms with Gasteiger partial charge in [0.25, 0.3) is 5.91 Å². The highest BCUT2D eigenvalue weighted by atomic mass is 16.5. The third kappa shape index (κ3) is 3.33. The largest absolute Gasteiger partial charge is 0.368 e. The number of piperidine rings is 1. The van der Waals surface area contributed by atoms with Crippen LogP contribution in [0.2, 0.25) is 0 Å². The Bertz CT molecular complexity index is 741. The van der Waals surface area contributed by atoms with Crippen molar-refractivity contribution < 1.29 is 9.53 Å². The smallest absolute Gasteiger partial charge is 0.251 e. The molecule has 2 aliphatic heterocycles. The van der Waals surface area contributed by atoms with Crippen molar-refractivity contribution >= 4 is 5.91 Å². The summed E-state index contributed by atoms with van der Waals surface area (Å²) >= 11 is 0. The molecule has 2 aromatic rings. The van der Waals surface area contributed by atoms with E-state index in [9.17, 15) is 4.79 Å². The maximum Gasteiger partial charge on any atom is 0.251 e. The highest BCUT2D eigenvalue weighted by Gasteiger charge is 2.32. The summed E-state index contributed by atoms with van der Waals surface area (Å²) in [7, 11) is 0. The van der Waals surface area contributed by atoms with E-state index in [1.165, 1.54) is 22.4 Å². The number of aromatic nitrogens is 2. The molecule has 1 amide bonds. The van der Waals surface area contributed by atoms with Crippen LogP contribution >= 0.6 is 0 Å². The molecule has 2 fully saturated rings. The van der Waals surface area contributed by atoms with Gasteiger partial charge < -0.3 is 9.64 Å². The van der Waals surface area contributed by atoms with E-state index in [0.717, 1.165) is 45.4 Å². The number of aromatic amines is 1. The Kier molecular flexibility index (Phi) is 4.57. The van der Waals surface area contributed by atoms with Gasteiger partial charge in [-0.1, -0.05) is 29.8 Å². The molecule has 0 unspecified atom stereocenters. The molecule has 1 aromatic heterocycles. The minimum Gasteiger partial charge on any atom is -0.368 e. The summed E-state index contributed by atoms with van der Waals surface area (Å²) in [6.45, 7) is 4.44.